The number of halogens is 1. The molecule has 0 heterocycles. The van der Waals surface area contributed by atoms with Crippen LogP contribution in [0, 0.1) is 12.7 Å². The van der Waals surface area contributed by atoms with Gasteiger partial charge in [-0.3, -0.25) is 4.79 Å². The second-order valence-electron chi connectivity index (χ2n) is 3.92. The van der Waals surface area contributed by atoms with Gasteiger partial charge in [0.1, 0.15) is 5.82 Å². The van der Waals surface area contributed by atoms with E-state index >= 15 is 0 Å². The molecule has 1 aromatic carbocycles. The third-order valence-corrected chi connectivity index (χ3v) is 2.61. The van der Waals surface area contributed by atoms with Gasteiger partial charge in [0.15, 0.2) is 5.84 Å². The monoisotopic (exact) mass is 253 g/mol. The molecule has 1 unspecified atom stereocenters. The molecule has 1 aromatic rings. The smallest absolute Gasteiger partial charge is 0.251 e. The molecule has 98 valence electrons. The minimum absolute atomic E-state index is 0.0651. The maximum Gasteiger partial charge on any atom is 0.251 e. The Morgan fingerprint density at radius 2 is 2.28 bits per heavy atom. The van der Waals surface area contributed by atoms with E-state index in [-0.39, 0.29) is 11.7 Å². The fraction of sp³-hybridized carbons (Fsp3) is 0.333. The first-order valence-electron chi connectivity index (χ1n) is 5.54. The van der Waals surface area contributed by atoms with Crippen LogP contribution in [0.25, 0.3) is 0 Å². The second kappa shape index (κ2) is 6.00. The van der Waals surface area contributed by atoms with Crippen LogP contribution in [0.2, 0.25) is 0 Å². The average Bonchev–Trinajstić information content (AvgIpc) is 2.37. The van der Waals surface area contributed by atoms with Crippen LogP contribution >= 0.6 is 0 Å². The lowest BCUT2D eigenvalue weighted by atomic mass is 10.1. The Labute approximate surface area is 104 Å². The number of amides is 1. The fourth-order valence-corrected chi connectivity index (χ4v) is 1.48. The molecule has 5 nitrogen and oxygen atoms in total. The van der Waals surface area contributed by atoms with Crippen molar-refractivity contribution in [2.24, 2.45) is 10.9 Å². The summed E-state index contributed by atoms with van der Waals surface area (Å²) in [6.07, 6.45) is 0.488. The normalized spacial score (nSPS) is 13.2. The summed E-state index contributed by atoms with van der Waals surface area (Å²) in [7, 11) is 0. The van der Waals surface area contributed by atoms with Crippen LogP contribution in [0.4, 0.5) is 4.39 Å². The highest BCUT2D eigenvalue weighted by molar-refractivity contribution is 5.98. The Bertz CT molecular complexity index is 474. The second-order valence-corrected chi connectivity index (χ2v) is 3.92. The van der Waals surface area contributed by atoms with E-state index in [1.807, 2.05) is 0 Å². The summed E-state index contributed by atoms with van der Waals surface area (Å²) in [5.41, 5.74) is 6.15. The molecule has 0 saturated carbocycles. The Balaban J connectivity index is 2.84. The molecule has 18 heavy (non-hydrogen) atoms. The van der Waals surface area contributed by atoms with E-state index in [1.54, 1.807) is 13.8 Å². The highest BCUT2D eigenvalue weighted by atomic mass is 19.1. The first kappa shape index (κ1) is 14.0. The lowest BCUT2D eigenvalue weighted by Gasteiger charge is -2.15. The van der Waals surface area contributed by atoms with Crippen LogP contribution in [-0.4, -0.2) is 23.0 Å². The number of nitrogens with two attached hydrogens (primary N) is 1. The van der Waals surface area contributed by atoms with Gasteiger partial charge in [-0.25, -0.2) is 4.39 Å². The summed E-state index contributed by atoms with van der Waals surface area (Å²) in [4.78, 5) is 11.9. The molecule has 0 radical (unpaired) electrons. The first-order chi connectivity index (χ1) is 8.49. The fourth-order valence-electron chi connectivity index (χ4n) is 1.48. The molecule has 1 amide bonds. The number of oxime groups is 1. The van der Waals surface area contributed by atoms with Crippen LogP contribution < -0.4 is 11.1 Å². The zero-order valence-electron chi connectivity index (χ0n) is 10.3. The van der Waals surface area contributed by atoms with Gasteiger partial charge in [-0.2, -0.15) is 0 Å². The Hall–Kier alpha value is -2.11. The number of carbonyl (C=O) groups is 1. The molecule has 0 spiro atoms. The Morgan fingerprint density at radius 3 is 2.78 bits per heavy atom. The number of aryl methyl sites for hydroxylation is 1. The third kappa shape index (κ3) is 3.19. The molecule has 1 rings (SSSR count). The van der Waals surface area contributed by atoms with Crippen LogP contribution in [0.15, 0.2) is 23.4 Å². The molecule has 4 N–H and O–H groups in total. The summed E-state index contributed by atoms with van der Waals surface area (Å²) in [6.45, 7) is 3.37. The molecular formula is C12H16FN3O2. The van der Waals surface area contributed by atoms with Crippen molar-refractivity contribution in [2.45, 2.75) is 26.3 Å². The number of nitrogens with one attached hydrogen (secondary N) is 1. The summed E-state index contributed by atoms with van der Waals surface area (Å²) >= 11 is 0. The molecule has 0 fully saturated rings. The molecular weight excluding hydrogens is 237 g/mol. The van der Waals surface area contributed by atoms with E-state index in [9.17, 15) is 9.18 Å². The van der Waals surface area contributed by atoms with Gasteiger partial charge in [0.25, 0.3) is 5.91 Å². The van der Waals surface area contributed by atoms with Gasteiger partial charge in [-0.15, -0.1) is 0 Å². The predicted molar refractivity (Wildman–Crippen MR) is 66.1 cm³/mol. The molecule has 0 aromatic heterocycles. The lowest BCUT2D eigenvalue weighted by molar-refractivity contribution is 0.0945. The maximum absolute atomic E-state index is 13.1. The number of hydrogen-bond acceptors (Lipinski definition) is 3. The number of nitrogens with zero attached hydrogens (tertiary/aromatic N) is 1. The topological polar surface area (TPSA) is 87.7 Å². The maximum atomic E-state index is 13.1. The molecule has 0 aliphatic heterocycles. The molecule has 6 heteroatoms. The minimum Gasteiger partial charge on any atom is -0.409 e. The van der Waals surface area contributed by atoms with Crippen LogP contribution in [-0.2, 0) is 0 Å². The number of amidine groups is 1. The van der Waals surface area contributed by atoms with Crippen molar-refractivity contribution in [1.29, 1.82) is 0 Å². The summed E-state index contributed by atoms with van der Waals surface area (Å²) in [5, 5.41) is 14.0. The van der Waals surface area contributed by atoms with E-state index < -0.39 is 11.9 Å². The van der Waals surface area contributed by atoms with Gasteiger partial charge >= 0.3 is 0 Å². The van der Waals surface area contributed by atoms with Crippen molar-refractivity contribution in [3.05, 3.63) is 35.1 Å². The van der Waals surface area contributed by atoms with Gasteiger partial charge in [-0.05, 0) is 37.1 Å². The Morgan fingerprint density at radius 1 is 1.61 bits per heavy atom. The van der Waals surface area contributed by atoms with Crippen LogP contribution in [0.5, 0.6) is 0 Å². The van der Waals surface area contributed by atoms with Crippen molar-refractivity contribution in [3.8, 4) is 0 Å². The van der Waals surface area contributed by atoms with Crippen LogP contribution in [0.1, 0.15) is 29.3 Å². The molecule has 1 atom stereocenters. The van der Waals surface area contributed by atoms with E-state index in [1.165, 1.54) is 18.2 Å². The quantitative estimate of drug-likeness (QED) is 0.328. The van der Waals surface area contributed by atoms with E-state index in [0.29, 0.717) is 17.5 Å². The number of carbonyl (C=O) groups excluding carboxylic acids is 1. The van der Waals surface area contributed by atoms with Gasteiger partial charge < -0.3 is 16.3 Å². The van der Waals surface area contributed by atoms with Gasteiger partial charge in [0, 0.05) is 5.56 Å². The first-order valence-corrected chi connectivity index (χ1v) is 5.54. The van der Waals surface area contributed by atoms with Crippen molar-refractivity contribution < 1.29 is 14.4 Å². The molecule has 0 aliphatic rings. The van der Waals surface area contributed by atoms with Crippen molar-refractivity contribution in [1.82, 2.24) is 5.32 Å². The molecule has 0 saturated heterocycles. The van der Waals surface area contributed by atoms with Gasteiger partial charge in [0.05, 0.1) is 6.04 Å². The highest BCUT2D eigenvalue weighted by Crippen LogP contribution is 2.09. The minimum atomic E-state index is -0.548. The van der Waals surface area contributed by atoms with E-state index in [4.69, 9.17) is 10.9 Å². The summed E-state index contributed by atoms with van der Waals surface area (Å²) < 4.78 is 13.1. The highest BCUT2D eigenvalue weighted by Gasteiger charge is 2.16. The van der Waals surface area contributed by atoms with Gasteiger partial charge in [0.2, 0.25) is 0 Å². The van der Waals surface area contributed by atoms with Crippen molar-refractivity contribution >= 4 is 11.7 Å². The third-order valence-electron chi connectivity index (χ3n) is 2.61. The van der Waals surface area contributed by atoms with Crippen molar-refractivity contribution in [2.75, 3.05) is 0 Å². The van der Waals surface area contributed by atoms with E-state index in [2.05, 4.69) is 10.5 Å². The predicted octanol–water partition coefficient (Wildman–Crippen LogP) is 1.39. The molecule has 0 aliphatic carbocycles. The van der Waals surface area contributed by atoms with Crippen LogP contribution in [0.3, 0.4) is 0 Å². The lowest BCUT2D eigenvalue weighted by Crippen LogP contribution is -2.44. The zero-order valence-corrected chi connectivity index (χ0v) is 10.3. The number of hydrogen-bond donors (Lipinski definition) is 3. The average molecular weight is 253 g/mol. The Kier molecular flexibility index (Phi) is 4.65. The SMILES string of the molecule is CCC(NC(=O)c1ccc(F)c(C)c1)C(N)=NO. The zero-order chi connectivity index (χ0) is 13.7. The summed E-state index contributed by atoms with van der Waals surface area (Å²) in [6, 6.07) is 3.52. The number of rotatable bonds is 4. The van der Waals surface area contributed by atoms with Crippen molar-refractivity contribution in [3.63, 3.8) is 0 Å². The van der Waals surface area contributed by atoms with E-state index in [0.717, 1.165) is 0 Å². The standard InChI is InChI=1S/C12H16FN3O2/c1-3-10(11(14)16-18)15-12(17)8-4-5-9(13)7(2)6-8/h4-6,10,18H,3H2,1-2H3,(H2,14,16)(H,15,17). The van der Waals surface area contributed by atoms with Gasteiger partial charge in [-0.1, -0.05) is 12.1 Å². The molecule has 0 bridgehead atoms. The summed E-state index contributed by atoms with van der Waals surface area (Å²) in [5.74, 6) is -0.823. The number of benzene rings is 1. The largest absolute Gasteiger partial charge is 0.409 e.